The molecule has 4 aliphatic heterocycles. The number of hydrogen-bond donors (Lipinski definition) is 6. The van der Waals surface area contributed by atoms with Crippen molar-refractivity contribution in [3.8, 4) is 0 Å². The molecule has 1 aromatic carbocycles. The highest BCUT2D eigenvalue weighted by molar-refractivity contribution is 5.96. The molecule has 9 unspecified atom stereocenters. The smallest absolute Gasteiger partial charge is 0.343 e. The monoisotopic (exact) mass is 697 g/mol. The highest BCUT2D eigenvalue weighted by atomic mass is 16.7. The van der Waals surface area contributed by atoms with Crippen LogP contribution in [0.3, 0.4) is 0 Å². The molecule has 12 nitrogen and oxygen atoms in total. The van der Waals surface area contributed by atoms with Gasteiger partial charge in [0.1, 0.15) is 30.2 Å². The average Bonchev–Trinajstić information content (AvgIpc) is 3.55. The third-order valence-electron chi connectivity index (χ3n) is 12.7. The number of ether oxygens (including phenoxy) is 4. The summed E-state index contributed by atoms with van der Waals surface area (Å²) in [5, 5.41) is 61.5. The van der Waals surface area contributed by atoms with Crippen molar-refractivity contribution >= 4 is 17.7 Å². The van der Waals surface area contributed by atoms with Gasteiger partial charge in [-0.2, -0.15) is 0 Å². The van der Waals surface area contributed by atoms with E-state index in [4.69, 9.17) is 18.9 Å². The lowest BCUT2D eigenvalue weighted by Gasteiger charge is -2.61. The Labute approximate surface area is 292 Å². The molecule has 3 saturated heterocycles. The predicted octanol–water partition coefficient (Wildman–Crippen LogP) is 1.81. The molecule has 2 saturated carbocycles. The Kier molecular flexibility index (Phi) is 9.81. The van der Waals surface area contributed by atoms with Crippen LogP contribution < -0.4 is 4.90 Å². The molecule has 12 atom stereocenters. The molecule has 2 aliphatic carbocycles. The van der Waals surface area contributed by atoms with E-state index < -0.39 is 54.8 Å². The van der Waals surface area contributed by atoms with Gasteiger partial charge in [-0.25, -0.2) is 4.79 Å². The number of cyclic esters (lactones) is 1. The zero-order chi connectivity index (χ0) is 35.4. The summed E-state index contributed by atoms with van der Waals surface area (Å²) >= 11 is 0. The van der Waals surface area contributed by atoms with E-state index in [-0.39, 0.29) is 42.1 Å². The lowest BCUT2D eigenvalue weighted by Crippen LogP contribution is -2.64. The lowest BCUT2D eigenvalue weighted by molar-refractivity contribution is -0.330. The van der Waals surface area contributed by atoms with Crippen LogP contribution in [0, 0.1) is 22.7 Å². The first-order valence-corrected chi connectivity index (χ1v) is 18.0. The van der Waals surface area contributed by atoms with Gasteiger partial charge in [0, 0.05) is 23.6 Å². The molecule has 1 spiro atoms. The second-order valence-corrected chi connectivity index (χ2v) is 15.6. The van der Waals surface area contributed by atoms with Crippen LogP contribution >= 0.6 is 0 Å². The molecule has 0 radical (unpaired) electrons. The summed E-state index contributed by atoms with van der Waals surface area (Å²) < 4.78 is 23.7. The Hall–Kier alpha value is -2.65. The van der Waals surface area contributed by atoms with Crippen LogP contribution in [0.4, 0.5) is 5.69 Å². The second-order valence-electron chi connectivity index (χ2n) is 15.6. The van der Waals surface area contributed by atoms with E-state index in [2.05, 4.69) is 17.9 Å². The molecule has 6 N–H and O–H groups in total. The number of benzene rings is 1. The van der Waals surface area contributed by atoms with E-state index in [1.807, 2.05) is 43.3 Å². The van der Waals surface area contributed by atoms with E-state index in [1.54, 1.807) is 6.08 Å². The predicted molar refractivity (Wildman–Crippen MR) is 181 cm³/mol. The SMILES string of the molecule is C[C@]12CC[C@@H](OC3OC(CO)C(O)C(O)C3O)[C@@](C)(CO)C1CCC1(CO1)C2C=CC1=CC(=Cc2ccc(N3CCCC3CO)cc2)OC1=O. The maximum absolute atomic E-state index is 13.0. The fourth-order valence-electron chi connectivity index (χ4n) is 9.78. The van der Waals surface area contributed by atoms with Gasteiger partial charge in [0.05, 0.1) is 49.7 Å². The summed E-state index contributed by atoms with van der Waals surface area (Å²) in [7, 11) is 0. The van der Waals surface area contributed by atoms with Crippen molar-refractivity contribution < 1.29 is 54.4 Å². The van der Waals surface area contributed by atoms with Crippen molar-refractivity contribution in [3.63, 3.8) is 0 Å². The lowest BCUT2D eigenvalue weighted by atomic mass is 9.45. The molecule has 4 heterocycles. The van der Waals surface area contributed by atoms with Gasteiger partial charge >= 0.3 is 5.97 Å². The molecule has 0 aromatic heterocycles. The molecule has 7 rings (SSSR count). The van der Waals surface area contributed by atoms with Gasteiger partial charge in [-0.15, -0.1) is 0 Å². The van der Waals surface area contributed by atoms with Gasteiger partial charge in [0.2, 0.25) is 0 Å². The Morgan fingerprint density at radius 2 is 1.74 bits per heavy atom. The minimum absolute atomic E-state index is 0.0238. The zero-order valence-electron chi connectivity index (χ0n) is 28.8. The summed E-state index contributed by atoms with van der Waals surface area (Å²) in [5.74, 6) is -0.0487. The molecule has 274 valence electrons. The number of anilines is 1. The minimum Gasteiger partial charge on any atom is -0.423 e. The van der Waals surface area contributed by atoms with Gasteiger partial charge in [0.15, 0.2) is 6.29 Å². The molecule has 12 heteroatoms. The van der Waals surface area contributed by atoms with Crippen molar-refractivity contribution in [1.82, 2.24) is 0 Å². The Bertz CT molecular complexity index is 1500. The summed E-state index contributed by atoms with van der Waals surface area (Å²) in [6, 6.07) is 8.17. The quantitative estimate of drug-likeness (QED) is 0.125. The summed E-state index contributed by atoms with van der Waals surface area (Å²) in [4.78, 5) is 15.2. The minimum atomic E-state index is -1.55. The largest absolute Gasteiger partial charge is 0.423 e. The van der Waals surface area contributed by atoms with Crippen LogP contribution in [-0.2, 0) is 23.7 Å². The first-order valence-electron chi connectivity index (χ1n) is 18.0. The standard InChI is InChI=1S/C38H51NO11/c1-36-13-12-30(50-35-33(45)32(44)31(43)27(19-41)49-35)37(2,20-42)28(36)11-14-38(21-47-38)29(36)10-7-23-17-26(48-34(23)46)16-22-5-8-24(9-6-22)39-15-3-4-25(39)18-40/h5-10,16-17,25,27-33,35,40-45H,3-4,11-15,18-21H2,1-2H3/t25?,27?,28?,29?,30-,31?,32?,33?,35?,36+,37+,38?/m1/s1. The summed E-state index contributed by atoms with van der Waals surface area (Å²) in [6.45, 7) is 5.13. The molecule has 0 amide bonds. The van der Waals surface area contributed by atoms with E-state index in [1.165, 1.54) is 0 Å². The first kappa shape index (κ1) is 35.7. The molecule has 0 bridgehead atoms. The Balaban J connectivity index is 1.08. The van der Waals surface area contributed by atoms with Crippen molar-refractivity contribution in [2.75, 3.05) is 37.9 Å². The van der Waals surface area contributed by atoms with Crippen LogP contribution in [-0.4, -0.2) is 118 Å². The summed E-state index contributed by atoms with van der Waals surface area (Å²) in [5.41, 5.74) is 0.981. The van der Waals surface area contributed by atoms with Crippen molar-refractivity contribution in [2.24, 2.45) is 22.7 Å². The van der Waals surface area contributed by atoms with Crippen molar-refractivity contribution in [2.45, 2.75) is 101 Å². The van der Waals surface area contributed by atoms with E-state index in [9.17, 15) is 35.4 Å². The number of aliphatic hydroxyl groups excluding tert-OH is 6. The molecule has 1 aromatic rings. The number of fused-ring (bicyclic) bond motifs is 1. The zero-order valence-corrected chi connectivity index (χ0v) is 28.8. The molecule has 50 heavy (non-hydrogen) atoms. The number of allylic oxidation sites excluding steroid dienone is 1. The molecular weight excluding hydrogens is 646 g/mol. The maximum Gasteiger partial charge on any atom is 0.343 e. The highest BCUT2D eigenvalue weighted by Gasteiger charge is 2.67. The van der Waals surface area contributed by atoms with Crippen LogP contribution in [0.1, 0.15) is 57.9 Å². The first-order chi connectivity index (χ1) is 24.0. The van der Waals surface area contributed by atoms with Gasteiger partial charge in [-0.3, -0.25) is 0 Å². The van der Waals surface area contributed by atoms with Crippen molar-refractivity contribution in [3.05, 3.63) is 59.4 Å². The fraction of sp³-hybridized carbons (Fsp3) is 0.658. The Morgan fingerprint density at radius 1 is 0.980 bits per heavy atom. The number of carbonyl (C=O) groups is 1. The molecule has 6 aliphatic rings. The van der Waals surface area contributed by atoms with Gasteiger partial charge < -0.3 is 54.5 Å². The van der Waals surface area contributed by atoms with Gasteiger partial charge in [0.25, 0.3) is 0 Å². The number of rotatable bonds is 9. The number of epoxide rings is 1. The topological polar surface area (TPSA) is 182 Å². The third-order valence-corrected chi connectivity index (χ3v) is 12.7. The van der Waals surface area contributed by atoms with E-state index in [0.717, 1.165) is 43.5 Å². The molecular formula is C38H51NO11. The number of hydrogen-bond acceptors (Lipinski definition) is 12. The van der Waals surface area contributed by atoms with Gasteiger partial charge in [-0.1, -0.05) is 38.1 Å². The third kappa shape index (κ3) is 6.16. The molecule has 5 fully saturated rings. The number of carbonyl (C=O) groups excluding carboxylic acids is 1. The number of aliphatic hydroxyl groups is 6. The van der Waals surface area contributed by atoms with Crippen LogP contribution in [0.25, 0.3) is 6.08 Å². The van der Waals surface area contributed by atoms with Crippen molar-refractivity contribution in [1.29, 1.82) is 0 Å². The Morgan fingerprint density at radius 3 is 2.42 bits per heavy atom. The summed E-state index contributed by atoms with van der Waals surface area (Å²) in [6.07, 6.45) is 4.85. The van der Waals surface area contributed by atoms with Crippen LogP contribution in [0.5, 0.6) is 0 Å². The normalized spacial score (nSPS) is 43.8. The maximum atomic E-state index is 13.0. The fourth-order valence-corrected chi connectivity index (χ4v) is 9.78. The number of esters is 1. The second kappa shape index (κ2) is 13.7. The highest BCUT2D eigenvalue weighted by Crippen LogP contribution is 2.66. The van der Waals surface area contributed by atoms with Crippen LogP contribution in [0.15, 0.2) is 53.8 Å². The van der Waals surface area contributed by atoms with Gasteiger partial charge in [-0.05, 0) is 79.7 Å². The van der Waals surface area contributed by atoms with Crippen LogP contribution in [0.2, 0.25) is 0 Å². The number of nitrogens with zero attached hydrogens (tertiary/aromatic N) is 1. The average molecular weight is 698 g/mol. The van der Waals surface area contributed by atoms with E-state index in [0.29, 0.717) is 30.8 Å². The van der Waals surface area contributed by atoms with E-state index >= 15 is 0 Å².